The SMILES string of the molecule is CCCCn1c(-c2cccc(C(=O)O)n2)nc2ccc(OC)cc21. The predicted molar refractivity (Wildman–Crippen MR) is 91.4 cm³/mol. The van der Waals surface area contributed by atoms with Crippen molar-refractivity contribution in [2.24, 2.45) is 0 Å². The lowest BCUT2D eigenvalue weighted by Crippen LogP contribution is -2.05. The Labute approximate surface area is 139 Å². The van der Waals surface area contributed by atoms with Gasteiger partial charge >= 0.3 is 5.97 Å². The zero-order chi connectivity index (χ0) is 17.1. The second-order valence-electron chi connectivity index (χ2n) is 5.51. The molecule has 2 heterocycles. The van der Waals surface area contributed by atoms with Crippen LogP contribution in [0.5, 0.6) is 5.75 Å². The molecule has 24 heavy (non-hydrogen) atoms. The van der Waals surface area contributed by atoms with Gasteiger partial charge in [0.15, 0.2) is 5.82 Å². The summed E-state index contributed by atoms with van der Waals surface area (Å²) >= 11 is 0. The fourth-order valence-corrected chi connectivity index (χ4v) is 2.65. The molecule has 0 atom stereocenters. The molecule has 3 rings (SSSR count). The van der Waals surface area contributed by atoms with Gasteiger partial charge in [-0.15, -0.1) is 0 Å². The van der Waals surface area contributed by atoms with Gasteiger partial charge in [0.1, 0.15) is 17.1 Å². The van der Waals surface area contributed by atoms with Gasteiger partial charge in [0.25, 0.3) is 0 Å². The number of nitrogens with zero attached hydrogens (tertiary/aromatic N) is 3. The molecular weight excluding hydrogens is 306 g/mol. The normalized spacial score (nSPS) is 10.9. The molecule has 0 bridgehead atoms. The van der Waals surface area contributed by atoms with Crippen molar-refractivity contribution >= 4 is 17.0 Å². The summed E-state index contributed by atoms with van der Waals surface area (Å²) < 4.78 is 7.39. The van der Waals surface area contributed by atoms with E-state index in [1.54, 1.807) is 19.2 Å². The third kappa shape index (κ3) is 2.95. The van der Waals surface area contributed by atoms with Crippen molar-refractivity contribution in [3.05, 3.63) is 42.1 Å². The van der Waals surface area contributed by atoms with Gasteiger partial charge in [0.05, 0.1) is 18.1 Å². The second kappa shape index (κ2) is 6.70. The molecule has 0 spiro atoms. The van der Waals surface area contributed by atoms with E-state index in [4.69, 9.17) is 9.84 Å². The van der Waals surface area contributed by atoms with Crippen molar-refractivity contribution in [3.8, 4) is 17.3 Å². The van der Waals surface area contributed by atoms with E-state index in [1.807, 2.05) is 18.2 Å². The van der Waals surface area contributed by atoms with E-state index in [2.05, 4.69) is 21.5 Å². The van der Waals surface area contributed by atoms with Crippen molar-refractivity contribution in [1.82, 2.24) is 14.5 Å². The van der Waals surface area contributed by atoms with Crippen LogP contribution in [0.3, 0.4) is 0 Å². The van der Waals surface area contributed by atoms with Gasteiger partial charge in [-0.25, -0.2) is 14.8 Å². The van der Waals surface area contributed by atoms with Gasteiger partial charge in [-0.1, -0.05) is 19.4 Å². The number of rotatable bonds is 6. The highest BCUT2D eigenvalue weighted by Crippen LogP contribution is 2.27. The van der Waals surface area contributed by atoms with E-state index in [9.17, 15) is 4.79 Å². The lowest BCUT2D eigenvalue weighted by atomic mass is 10.2. The molecule has 1 N–H and O–H groups in total. The van der Waals surface area contributed by atoms with E-state index >= 15 is 0 Å². The minimum Gasteiger partial charge on any atom is -0.497 e. The molecule has 1 aromatic carbocycles. The number of pyridine rings is 1. The summed E-state index contributed by atoms with van der Waals surface area (Å²) in [6.07, 6.45) is 2.04. The van der Waals surface area contributed by atoms with Crippen LogP contribution in [0.25, 0.3) is 22.6 Å². The number of methoxy groups -OCH3 is 1. The average molecular weight is 325 g/mol. The molecule has 3 aromatic rings. The highest BCUT2D eigenvalue weighted by atomic mass is 16.5. The van der Waals surface area contributed by atoms with E-state index < -0.39 is 5.97 Å². The number of aryl methyl sites for hydroxylation is 1. The molecule has 0 aliphatic rings. The molecule has 0 unspecified atom stereocenters. The van der Waals surface area contributed by atoms with Gasteiger partial charge in [-0.05, 0) is 30.7 Å². The summed E-state index contributed by atoms with van der Waals surface area (Å²) in [6, 6.07) is 10.7. The monoisotopic (exact) mass is 325 g/mol. The van der Waals surface area contributed by atoms with Crippen LogP contribution in [0.1, 0.15) is 30.3 Å². The van der Waals surface area contributed by atoms with Crippen molar-refractivity contribution in [2.75, 3.05) is 7.11 Å². The van der Waals surface area contributed by atoms with Crippen molar-refractivity contribution in [3.63, 3.8) is 0 Å². The van der Waals surface area contributed by atoms with Gasteiger partial charge < -0.3 is 14.4 Å². The first-order chi connectivity index (χ1) is 11.6. The molecule has 0 aliphatic carbocycles. The van der Waals surface area contributed by atoms with Crippen LogP contribution < -0.4 is 4.74 Å². The first kappa shape index (κ1) is 16.0. The number of aromatic carboxylic acids is 1. The number of imidazole rings is 1. The summed E-state index contributed by atoms with van der Waals surface area (Å²) in [4.78, 5) is 20.1. The molecule has 0 amide bonds. The lowest BCUT2D eigenvalue weighted by Gasteiger charge is -2.09. The molecule has 0 aliphatic heterocycles. The first-order valence-electron chi connectivity index (χ1n) is 7.89. The third-order valence-corrected chi connectivity index (χ3v) is 3.89. The molecule has 0 fully saturated rings. The number of hydrogen-bond donors (Lipinski definition) is 1. The summed E-state index contributed by atoms with van der Waals surface area (Å²) in [5.74, 6) is 0.392. The molecule has 0 saturated carbocycles. The fraction of sp³-hybridized carbons (Fsp3) is 0.278. The number of carbonyl (C=O) groups is 1. The zero-order valence-corrected chi connectivity index (χ0v) is 13.7. The van der Waals surface area contributed by atoms with Gasteiger partial charge in [-0.2, -0.15) is 0 Å². The Morgan fingerprint density at radius 2 is 2.08 bits per heavy atom. The maximum Gasteiger partial charge on any atom is 0.354 e. The Hall–Kier alpha value is -2.89. The maximum absolute atomic E-state index is 11.2. The number of aromatic nitrogens is 3. The number of ether oxygens (including phenoxy) is 1. The minimum atomic E-state index is -1.05. The van der Waals surface area contributed by atoms with Crippen LogP contribution >= 0.6 is 0 Å². The Morgan fingerprint density at radius 3 is 2.79 bits per heavy atom. The zero-order valence-electron chi connectivity index (χ0n) is 13.7. The summed E-state index contributed by atoms with van der Waals surface area (Å²) in [7, 11) is 1.63. The number of benzene rings is 1. The maximum atomic E-state index is 11.2. The molecule has 124 valence electrons. The quantitative estimate of drug-likeness (QED) is 0.749. The van der Waals surface area contributed by atoms with Crippen LogP contribution in [-0.4, -0.2) is 32.7 Å². The first-order valence-corrected chi connectivity index (χ1v) is 7.89. The van der Waals surface area contributed by atoms with E-state index in [1.165, 1.54) is 6.07 Å². The smallest absolute Gasteiger partial charge is 0.354 e. The Kier molecular flexibility index (Phi) is 4.46. The molecular formula is C18H19N3O3. The Bertz CT molecular complexity index is 886. The van der Waals surface area contributed by atoms with Crippen molar-refractivity contribution < 1.29 is 14.6 Å². The van der Waals surface area contributed by atoms with Crippen LogP contribution in [0.2, 0.25) is 0 Å². The lowest BCUT2D eigenvalue weighted by molar-refractivity contribution is 0.0690. The standard InChI is InChI=1S/C18H19N3O3/c1-3-4-10-21-16-11-12(24-2)8-9-13(16)20-17(21)14-6-5-7-15(19-14)18(22)23/h5-9,11H,3-4,10H2,1-2H3,(H,22,23). The van der Waals surface area contributed by atoms with E-state index in [0.717, 1.165) is 36.2 Å². The molecule has 6 heteroatoms. The summed E-state index contributed by atoms with van der Waals surface area (Å²) in [5.41, 5.74) is 2.37. The van der Waals surface area contributed by atoms with Crippen LogP contribution in [-0.2, 0) is 6.54 Å². The molecule has 0 radical (unpaired) electrons. The van der Waals surface area contributed by atoms with E-state index in [0.29, 0.717) is 11.5 Å². The van der Waals surface area contributed by atoms with E-state index in [-0.39, 0.29) is 5.69 Å². The fourth-order valence-electron chi connectivity index (χ4n) is 2.65. The van der Waals surface area contributed by atoms with Crippen molar-refractivity contribution in [2.45, 2.75) is 26.3 Å². The number of hydrogen-bond acceptors (Lipinski definition) is 4. The molecule has 0 saturated heterocycles. The van der Waals surface area contributed by atoms with Gasteiger partial charge in [-0.3, -0.25) is 0 Å². The summed E-state index contributed by atoms with van der Waals surface area (Å²) in [6.45, 7) is 2.91. The average Bonchev–Trinajstić information content (AvgIpc) is 2.97. The third-order valence-electron chi connectivity index (χ3n) is 3.89. The molecule has 2 aromatic heterocycles. The van der Waals surface area contributed by atoms with Gasteiger partial charge in [0, 0.05) is 12.6 Å². The summed E-state index contributed by atoms with van der Waals surface area (Å²) in [5, 5.41) is 9.17. The highest BCUT2D eigenvalue weighted by Gasteiger charge is 2.16. The van der Waals surface area contributed by atoms with Crippen LogP contribution in [0, 0.1) is 0 Å². The number of fused-ring (bicyclic) bond motifs is 1. The van der Waals surface area contributed by atoms with Crippen LogP contribution in [0.4, 0.5) is 0 Å². The highest BCUT2D eigenvalue weighted by molar-refractivity contribution is 5.86. The van der Waals surface area contributed by atoms with Gasteiger partial charge in [0.2, 0.25) is 0 Å². The largest absolute Gasteiger partial charge is 0.497 e. The number of carboxylic acids is 1. The Balaban J connectivity index is 2.18. The Morgan fingerprint density at radius 1 is 1.25 bits per heavy atom. The number of unbranched alkanes of at least 4 members (excludes halogenated alkanes) is 1. The minimum absolute atomic E-state index is 0.0131. The topological polar surface area (TPSA) is 77.2 Å². The van der Waals surface area contributed by atoms with Crippen molar-refractivity contribution in [1.29, 1.82) is 0 Å². The second-order valence-corrected chi connectivity index (χ2v) is 5.51. The predicted octanol–water partition coefficient (Wildman–Crippen LogP) is 3.61. The van der Waals surface area contributed by atoms with Crippen LogP contribution in [0.15, 0.2) is 36.4 Å². The molecule has 6 nitrogen and oxygen atoms in total. The number of carboxylic acid groups (broad SMARTS) is 1.